The van der Waals surface area contributed by atoms with Crippen LogP contribution in [0.1, 0.15) is 0 Å². The Bertz CT molecular complexity index is 1680. The van der Waals surface area contributed by atoms with E-state index in [1.807, 2.05) is 0 Å². The second kappa shape index (κ2) is 8.10. The van der Waals surface area contributed by atoms with Crippen molar-refractivity contribution in [3.05, 3.63) is 57.1 Å². The number of aromatic nitrogens is 1. The van der Waals surface area contributed by atoms with Gasteiger partial charge in [-0.25, -0.2) is 13.4 Å². The van der Waals surface area contributed by atoms with Gasteiger partial charge in [0, 0.05) is 14.9 Å². The Morgan fingerprint density at radius 1 is 1.15 bits per heavy atom. The molecule has 2 aromatic carbocycles. The van der Waals surface area contributed by atoms with E-state index < -0.39 is 42.4 Å². The third kappa shape index (κ3) is 4.14. The number of thiazole rings is 1. The zero-order valence-electron chi connectivity index (χ0n) is 16.4. The summed E-state index contributed by atoms with van der Waals surface area (Å²) in [6.07, 6.45) is 0. The normalized spacial score (nSPS) is 18.5. The predicted molar refractivity (Wildman–Crippen MR) is 133 cm³/mol. The largest absolute Gasteiger partial charge is 0.509 e. The van der Waals surface area contributed by atoms with Gasteiger partial charge in [-0.3, -0.25) is 14.4 Å². The average molecular weight is 577 g/mol. The minimum atomic E-state index is -4.67. The maximum absolute atomic E-state index is 13.1. The van der Waals surface area contributed by atoms with Crippen molar-refractivity contribution in [2.75, 3.05) is 15.4 Å². The van der Waals surface area contributed by atoms with Crippen LogP contribution in [0.5, 0.6) is 0 Å². The number of carbonyl (C=O) groups excluding carboxylic acids is 1. The molecule has 2 N–H and O–H groups in total. The van der Waals surface area contributed by atoms with Crippen LogP contribution in [0.3, 0.4) is 0 Å². The SMILES string of the molecule is O=C1/C(=C(/O)CS(=O)(=O)Nc2nc3ccc(Cl)cc3s2)S(=O)(=O)N=C2Sc3cc(Cl)ccc3N12. The number of thioether (sulfide) groups is 1. The van der Waals surface area contributed by atoms with Crippen LogP contribution in [-0.4, -0.2) is 43.8 Å². The maximum Gasteiger partial charge on any atom is 0.293 e. The zero-order valence-corrected chi connectivity index (χ0v) is 21.2. The van der Waals surface area contributed by atoms with E-state index in [2.05, 4.69) is 14.1 Å². The molecule has 0 atom stereocenters. The molecule has 16 heteroatoms. The fourth-order valence-electron chi connectivity index (χ4n) is 3.25. The van der Waals surface area contributed by atoms with Gasteiger partial charge in [0.1, 0.15) is 11.5 Å². The van der Waals surface area contributed by atoms with E-state index >= 15 is 0 Å². The van der Waals surface area contributed by atoms with Gasteiger partial charge in [-0.1, -0.05) is 34.5 Å². The second-order valence-corrected chi connectivity index (χ2v) is 13.1. The fourth-order valence-corrected chi connectivity index (χ4v) is 8.43. The van der Waals surface area contributed by atoms with Crippen LogP contribution in [0.4, 0.5) is 10.8 Å². The van der Waals surface area contributed by atoms with E-state index in [0.717, 1.165) is 28.0 Å². The van der Waals surface area contributed by atoms with Crippen molar-refractivity contribution in [3.63, 3.8) is 0 Å². The Morgan fingerprint density at radius 2 is 1.85 bits per heavy atom. The molecular weight excluding hydrogens is 567 g/mol. The quantitative estimate of drug-likeness (QED) is 0.350. The van der Waals surface area contributed by atoms with Gasteiger partial charge in [-0.15, -0.1) is 4.40 Å². The molecule has 0 saturated heterocycles. The van der Waals surface area contributed by atoms with Crippen LogP contribution in [0.25, 0.3) is 10.2 Å². The molecule has 3 aromatic rings. The maximum atomic E-state index is 13.1. The molecule has 5 rings (SSSR count). The van der Waals surface area contributed by atoms with Crippen molar-refractivity contribution in [1.29, 1.82) is 0 Å². The molecule has 34 heavy (non-hydrogen) atoms. The predicted octanol–water partition coefficient (Wildman–Crippen LogP) is 3.95. The summed E-state index contributed by atoms with van der Waals surface area (Å²) in [5, 5.41) is 11.1. The number of sulfonamides is 2. The van der Waals surface area contributed by atoms with Crippen molar-refractivity contribution in [1.82, 2.24) is 4.98 Å². The summed E-state index contributed by atoms with van der Waals surface area (Å²) < 4.78 is 57.0. The third-order valence-corrected chi connectivity index (χ3v) is 9.74. The molecule has 10 nitrogen and oxygen atoms in total. The number of amides is 1. The molecule has 2 aliphatic rings. The van der Waals surface area contributed by atoms with E-state index in [4.69, 9.17) is 23.2 Å². The Hall–Kier alpha value is -2.36. The first kappa shape index (κ1) is 23.4. The Balaban J connectivity index is 1.48. The summed E-state index contributed by atoms with van der Waals surface area (Å²) in [6, 6.07) is 9.33. The average Bonchev–Trinajstić information content (AvgIpc) is 3.24. The van der Waals surface area contributed by atoms with E-state index in [-0.39, 0.29) is 10.3 Å². The van der Waals surface area contributed by atoms with E-state index in [9.17, 15) is 26.7 Å². The summed E-state index contributed by atoms with van der Waals surface area (Å²) in [7, 11) is -9.02. The lowest BCUT2D eigenvalue weighted by atomic mass is 10.3. The van der Waals surface area contributed by atoms with Gasteiger partial charge in [0.25, 0.3) is 15.9 Å². The molecule has 0 radical (unpaired) electrons. The van der Waals surface area contributed by atoms with E-state index in [1.165, 1.54) is 18.2 Å². The lowest BCUT2D eigenvalue weighted by molar-refractivity contribution is -0.113. The number of rotatable bonds is 4. The first-order chi connectivity index (χ1) is 15.9. The molecule has 1 aromatic heterocycles. The summed E-state index contributed by atoms with van der Waals surface area (Å²) in [5.74, 6) is -3.48. The van der Waals surface area contributed by atoms with Gasteiger partial charge >= 0.3 is 0 Å². The number of hydrogen-bond acceptors (Lipinski definition) is 9. The number of aliphatic hydroxyl groups excluding tert-OH is 1. The minimum absolute atomic E-state index is 0.0186. The summed E-state index contributed by atoms with van der Waals surface area (Å²) in [6.45, 7) is 0. The van der Waals surface area contributed by atoms with E-state index in [1.54, 1.807) is 18.2 Å². The monoisotopic (exact) mass is 576 g/mol. The molecule has 0 bridgehead atoms. The lowest BCUT2D eigenvalue weighted by Crippen LogP contribution is -2.41. The van der Waals surface area contributed by atoms with Gasteiger partial charge in [0.15, 0.2) is 15.2 Å². The number of nitrogens with zero attached hydrogens (tertiary/aromatic N) is 3. The van der Waals surface area contributed by atoms with Crippen molar-refractivity contribution < 1.29 is 26.7 Å². The number of fused-ring (bicyclic) bond motifs is 4. The smallest absolute Gasteiger partial charge is 0.293 e. The number of halogens is 2. The molecule has 0 aliphatic carbocycles. The highest BCUT2D eigenvalue weighted by molar-refractivity contribution is 8.16. The highest BCUT2D eigenvalue weighted by Gasteiger charge is 2.45. The highest BCUT2D eigenvalue weighted by atomic mass is 35.5. The topological polar surface area (TPSA) is 146 Å². The fraction of sp³-hybridized carbons (Fsp3) is 0.0556. The second-order valence-electron chi connectivity index (χ2n) is 6.97. The van der Waals surface area contributed by atoms with Crippen LogP contribution >= 0.6 is 46.3 Å². The number of amidine groups is 1. The Kier molecular flexibility index (Phi) is 5.57. The number of hydrogen-bond donors (Lipinski definition) is 2. The third-order valence-electron chi connectivity index (χ3n) is 4.59. The van der Waals surface area contributed by atoms with Gasteiger partial charge in [0.2, 0.25) is 10.0 Å². The molecule has 176 valence electrons. The molecule has 0 spiro atoms. The van der Waals surface area contributed by atoms with Gasteiger partial charge in [-0.05, 0) is 48.2 Å². The lowest BCUT2D eigenvalue weighted by Gasteiger charge is -2.22. The molecule has 0 fully saturated rings. The molecule has 0 saturated carbocycles. The number of benzene rings is 2. The Morgan fingerprint density at radius 3 is 2.62 bits per heavy atom. The van der Waals surface area contributed by atoms with Gasteiger partial charge in [-0.2, -0.15) is 8.42 Å². The van der Waals surface area contributed by atoms with Crippen molar-refractivity contribution in [3.8, 4) is 0 Å². The standard InChI is InChI=1S/C18H10Cl2N4O6S4/c19-8-1-3-10-13(5-8)31-17(21-10)22-33(27,28)7-12(25)15-16(26)24-11-4-2-9(20)6-14(11)32-18(24)23-34(15,29)30/h1-6,25H,7H2,(H,21,22)/b15-12-. The van der Waals surface area contributed by atoms with Crippen LogP contribution in [0, 0.1) is 0 Å². The molecule has 2 aliphatic heterocycles. The molecule has 0 unspecified atom stereocenters. The highest BCUT2D eigenvalue weighted by Crippen LogP contribution is 2.45. The van der Waals surface area contributed by atoms with Crippen molar-refractivity contribution in [2.45, 2.75) is 4.90 Å². The number of nitrogens with one attached hydrogen (secondary N) is 1. The van der Waals surface area contributed by atoms with Crippen LogP contribution in [0.15, 0.2) is 56.4 Å². The summed E-state index contributed by atoms with van der Waals surface area (Å²) >= 11 is 13.8. The van der Waals surface area contributed by atoms with Gasteiger partial charge < -0.3 is 5.11 Å². The van der Waals surface area contributed by atoms with E-state index in [0.29, 0.717) is 30.8 Å². The van der Waals surface area contributed by atoms with Crippen molar-refractivity contribution in [2.24, 2.45) is 4.40 Å². The number of aliphatic hydroxyl groups is 1. The van der Waals surface area contributed by atoms with Crippen LogP contribution < -0.4 is 9.62 Å². The zero-order chi connectivity index (χ0) is 24.4. The molecular formula is C18H10Cl2N4O6S4. The summed E-state index contributed by atoms with van der Waals surface area (Å²) in [5.41, 5.74) is 0.805. The van der Waals surface area contributed by atoms with Crippen molar-refractivity contribution >= 4 is 98.5 Å². The minimum Gasteiger partial charge on any atom is -0.509 e. The number of carbonyl (C=O) groups is 1. The van der Waals surface area contributed by atoms with Gasteiger partial charge in [0.05, 0.1) is 15.9 Å². The first-order valence-electron chi connectivity index (χ1n) is 9.09. The summed E-state index contributed by atoms with van der Waals surface area (Å²) in [4.78, 5) is 17.5. The first-order valence-corrected chi connectivity index (χ1v) is 14.6. The van der Waals surface area contributed by atoms with Crippen LogP contribution in [0.2, 0.25) is 10.0 Å². The Labute approximate surface area is 211 Å². The number of anilines is 2. The molecule has 3 heterocycles. The van der Waals surface area contributed by atoms with Crippen LogP contribution in [-0.2, 0) is 24.8 Å². The molecule has 1 amide bonds.